The fourth-order valence-corrected chi connectivity index (χ4v) is 3.29. The Morgan fingerprint density at radius 1 is 1.31 bits per heavy atom. The first-order chi connectivity index (χ1) is 13.7. The lowest BCUT2D eigenvalue weighted by Crippen LogP contribution is -2.36. The molecule has 1 aliphatic heterocycles. The van der Waals surface area contributed by atoms with Gasteiger partial charge >= 0.3 is 6.09 Å². The van der Waals surface area contributed by atoms with Crippen molar-refractivity contribution >= 4 is 34.2 Å². The van der Waals surface area contributed by atoms with E-state index in [4.69, 9.17) is 25.8 Å². The third-order valence-electron chi connectivity index (χ3n) is 4.40. The molecule has 8 heteroatoms. The Kier molecular flexibility index (Phi) is 6.17. The Labute approximate surface area is 175 Å². The van der Waals surface area contributed by atoms with Gasteiger partial charge in [0.25, 0.3) is 0 Å². The number of fused-ring (bicyclic) bond motifs is 1. The average molecular weight is 420 g/mol. The summed E-state index contributed by atoms with van der Waals surface area (Å²) in [4.78, 5) is 22.5. The maximum absolute atomic E-state index is 12.3. The van der Waals surface area contributed by atoms with E-state index in [0.29, 0.717) is 48.3 Å². The van der Waals surface area contributed by atoms with Crippen LogP contribution in [0.5, 0.6) is 5.88 Å². The Morgan fingerprint density at radius 2 is 2.07 bits per heavy atom. The van der Waals surface area contributed by atoms with Crippen LogP contribution in [0.1, 0.15) is 39.7 Å². The van der Waals surface area contributed by atoms with Gasteiger partial charge in [-0.3, -0.25) is 0 Å². The Balaban J connectivity index is 1.80. The van der Waals surface area contributed by atoms with Crippen molar-refractivity contribution in [3.63, 3.8) is 0 Å². The summed E-state index contributed by atoms with van der Waals surface area (Å²) in [6, 6.07) is 1.74. The average Bonchev–Trinajstić information content (AvgIpc) is 3.09. The highest BCUT2D eigenvalue weighted by atomic mass is 35.5. The first-order valence-electron chi connectivity index (χ1n) is 9.59. The fraction of sp³-hybridized carbons (Fsp3) is 0.476. The molecular formula is C21H26ClN3O4. The highest BCUT2D eigenvalue weighted by molar-refractivity contribution is 6.30. The van der Waals surface area contributed by atoms with Gasteiger partial charge in [0.2, 0.25) is 5.88 Å². The van der Waals surface area contributed by atoms with Crippen LogP contribution < -0.4 is 4.74 Å². The number of carbonyl (C=O) groups is 1. The number of nitrogens with zero attached hydrogens (tertiary/aromatic N) is 3. The fourth-order valence-electron chi connectivity index (χ4n) is 3.13. The molecule has 1 amide bonds. The number of halogens is 1. The van der Waals surface area contributed by atoms with Crippen LogP contribution in [0, 0.1) is 0 Å². The molecule has 0 aliphatic carbocycles. The minimum atomic E-state index is -0.530. The van der Waals surface area contributed by atoms with Crippen LogP contribution in [0.4, 0.5) is 4.79 Å². The smallest absolute Gasteiger partial charge is 0.410 e. The van der Waals surface area contributed by atoms with E-state index in [9.17, 15) is 4.79 Å². The highest BCUT2D eigenvalue weighted by Gasteiger charge is 2.31. The molecule has 3 rings (SSSR count). The predicted octanol–water partition coefficient (Wildman–Crippen LogP) is 4.68. The zero-order chi connectivity index (χ0) is 21.2. The van der Waals surface area contributed by atoms with Gasteiger partial charge in [0, 0.05) is 36.3 Å². The molecular weight excluding hydrogens is 394 g/mol. The molecule has 1 aliphatic rings. The van der Waals surface area contributed by atoms with Crippen LogP contribution in [0.2, 0.25) is 5.15 Å². The molecule has 0 N–H and O–H groups in total. The van der Waals surface area contributed by atoms with Crippen molar-refractivity contribution in [3.05, 3.63) is 35.8 Å². The second kappa shape index (κ2) is 8.45. The number of likely N-dealkylation sites (tertiary alicyclic amines) is 1. The van der Waals surface area contributed by atoms with Gasteiger partial charge in [-0.15, -0.1) is 0 Å². The summed E-state index contributed by atoms with van der Waals surface area (Å²) in [5, 5.41) is 1.87. The van der Waals surface area contributed by atoms with E-state index >= 15 is 0 Å². The second-order valence-corrected chi connectivity index (χ2v) is 8.23. The van der Waals surface area contributed by atoms with Crippen molar-refractivity contribution in [2.24, 2.45) is 0 Å². The number of carbonyl (C=O) groups excluding carboxylic acids is 1. The molecule has 0 aromatic carbocycles. The molecule has 2 aromatic heterocycles. The van der Waals surface area contributed by atoms with Gasteiger partial charge in [-0.05, 0) is 33.8 Å². The van der Waals surface area contributed by atoms with Gasteiger partial charge in [-0.1, -0.05) is 18.2 Å². The first-order valence-corrected chi connectivity index (χ1v) is 9.96. The predicted molar refractivity (Wildman–Crippen MR) is 112 cm³/mol. The molecule has 1 fully saturated rings. The summed E-state index contributed by atoms with van der Waals surface area (Å²) in [5.74, 6) is 0.948. The molecule has 1 saturated heterocycles. The topological polar surface area (TPSA) is 73.8 Å². The van der Waals surface area contributed by atoms with Gasteiger partial charge in [-0.25, -0.2) is 14.8 Å². The van der Waals surface area contributed by atoms with E-state index in [1.807, 2.05) is 27.7 Å². The quantitative estimate of drug-likeness (QED) is 0.517. The lowest BCUT2D eigenvalue weighted by Gasteiger charge is -2.24. The third-order valence-corrected chi connectivity index (χ3v) is 4.60. The standard InChI is InChI=1S/C21H26ClN3O4/c1-6-27-13(2)16-10-24-19(17-11-23-18(22)9-15(16)17)28-14-7-8-25(12-14)20(26)29-21(3,4)5/h9-11,14H,2,6-8,12H2,1,3-5H3/t14-/m0/s1. The van der Waals surface area contributed by atoms with Crippen LogP contribution in [-0.4, -0.2) is 52.4 Å². The lowest BCUT2D eigenvalue weighted by molar-refractivity contribution is 0.0275. The number of rotatable bonds is 5. The Bertz CT molecular complexity index is 926. The number of hydrogen-bond acceptors (Lipinski definition) is 6. The number of amides is 1. The van der Waals surface area contributed by atoms with Gasteiger partial charge in [-0.2, -0.15) is 0 Å². The minimum Gasteiger partial charge on any atom is -0.494 e. The second-order valence-electron chi connectivity index (χ2n) is 7.84. The summed E-state index contributed by atoms with van der Waals surface area (Å²) in [6.45, 7) is 12.9. The molecule has 7 nitrogen and oxygen atoms in total. The molecule has 1 atom stereocenters. The number of ether oxygens (including phenoxy) is 3. The summed E-state index contributed by atoms with van der Waals surface area (Å²) in [5.41, 5.74) is 0.206. The zero-order valence-corrected chi connectivity index (χ0v) is 18.0. The van der Waals surface area contributed by atoms with Crippen molar-refractivity contribution in [3.8, 4) is 5.88 Å². The molecule has 29 heavy (non-hydrogen) atoms. The van der Waals surface area contributed by atoms with Gasteiger partial charge < -0.3 is 19.1 Å². The summed E-state index contributed by atoms with van der Waals surface area (Å²) >= 11 is 6.10. The summed E-state index contributed by atoms with van der Waals surface area (Å²) in [6.07, 6.45) is 3.46. The van der Waals surface area contributed by atoms with E-state index in [0.717, 1.165) is 10.9 Å². The zero-order valence-electron chi connectivity index (χ0n) is 17.2. The van der Waals surface area contributed by atoms with E-state index < -0.39 is 5.60 Å². The van der Waals surface area contributed by atoms with Gasteiger partial charge in [0.15, 0.2) is 0 Å². The van der Waals surface area contributed by atoms with Crippen molar-refractivity contribution in [2.75, 3.05) is 19.7 Å². The van der Waals surface area contributed by atoms with Crippen molar-refractivity contribution in [2.45, 2.75) is 45.8 Å². The van der Waals surface area contributed by atoms with Crippen LogP contribution >= 0.6 is 11.6 Å². The largest absolute Gasteiger partial charge is 0.494 e. The van der Waals surface area contributed by atoms with E-state index in [1.54, 1.807) is 23.4 Å². The van der Waals surface area contributed by atoms with Crippen LogP contribution in [0.15, 0.2) is 25.0 Å². The maximum atomic E-state index is 12.3. The van der Waals surface area contributed by atoms with Crippen molar-refractivity contribution in [1.29, 1.82) is 0 Å². The maximum Gasteiger partial charge on any atom is 0.410 e. The minimum absolute atomic E-state index is 0.185. The molecule has 3 heterocycles. The van der Waals surface area contributed by atoms with E-state index in [1.165, 1.54) is 0 Å². The Hall–Kier alpha value is -2.54. The summed E-state index contributed by atoms with van der Waals surface area (Å²) in [7, 11) is 0. The van der Waals surface area contributed by atoms with E-state index in [2.05, 4.69) is 16.5 Å². The van der Waals surface area contributed by atoms with Crippen molar-refractivity contribution in [1.82, 2.24) is 14.9 Å². The highest BCUT2D eigenvalue weighted by Crippen LogP contribution is 2.32. The molecule has 0 bridgehead atoms. The Morgan fingerprint density at radius 3 is 2.76 bits per heavy atom. The summed E-state index contributed by atoms with van der Waals surface area (Å²) < 4.78 is 17.1. The number of hydrogen-bond donors (Lipinski definition) is 0. The van der Waals surface area contributed by atoms with Gasteiger partial charge in [0.1, 0.15) is 22.6 Å². The monoisotopic (exact) mass is 419 g/mol. The van der Waals surface area contributed by atoms with Crippen molar-refractivity contribution < 1.29 is 19.0 Å². The first kappa shape index (κ1) is 21.2. The van der Waals surface area contributed by atoms with Crippen LogP contribution in [0.25, 0.3) is 16.5 Å². The molecule has 0 saturated carbocycles. The molecule has 0 unspecified atom stereocenters. The molecule has 2 aromatic rings. The SMILES string of the molecule is C=C(OCC)c1cnc(O[C@H]2CCN(C(=O)OC(C)(C)C)C2)c2cnc(Cl)cc12. The van der Waals surface area contributed by atoms with Crippen LogP contribution in [0.3, 0.4) is 0 Å². The van der Waals surface area contributed by atoms with Crippen LogP contribution in [-0.2, 0) is 9.47 Å². The lowest BCUT2D eigenvalue weighted by atomic mass is 10.1. The molecule has 0 radical (unpaired) electrons. The third kappa shape index (κ3) is 5.09. The van der Waals surface area contributed by atoms with Gasteiger partial charge in [0.05, 0.1) is 18.5 Å². The normalized spacial score (nSPS) is 16.7. The van der Waals surface area contributed by atoms with E-state index in [-0.39, 0.29) is 12.2 Å². The molecule has 0 spiro atoms. The number of aromatic nitrogens is 2. The molecule has 156 valence electrons. The number of pyridine rings is 2.